The van der Waals surface area contributed by atoms with Crippen LogP contribution in [0.5, 0.6) is 0 Å². The van der Waals surface area contributed by atoms with E-state index in [0.29, 0.717) is 4.47 Å². The van der Waals surface area contributed by atoms with Crippen LogP contribution in [0.3, 0.4) is 0 Å². The lowest BCUT2D eigenvalue weighted by Gasteiger charge is -2.13. The zero-order valence-corrected chi connectivity index (χ0v) is 15.1. The number of pyridine rings is 1. The predicted octanol–water partition coefficient (Wildman–Crippen LogP) is 2.74. The van der Waals surface area contributed by atoms with Crippen LogP contribution in [0.4, 0.5) is 0 Å². The van der Waals surface area contributed by atoms with Crippen molar-refractivity contribution >= 4 is 56.2 Å². The van der Waals surface area contributed by atoms with Crippen molar-refractivity contribution in [3.8, 4) is 0 Å². The first kappa shape index (κ1) is 18.4. The Kier molecular flexibility index (Phi) is 4.36. The lowest BCUT2D eigenvalue weighted by Crippen LogP contribution is -2.15. The number of esters is 1. The van der Waals surface area contributed by atoms with Crippen LogP contribution in [0.2, 0.25) is 0 Å². The fraction of sp³-hybridized carbons (Fsp3) is 0.0588. The van der Waals surface area contributed by atoms with Crippen molar-refractivity contribution < 1.29 is 39.2 Å². The number of nitrogens with zero attached hydrogens (tertiary/aromatic N) is 1. The molecule has 0 fully saturated rings. The molecular weight excluding hydrogens is 426 g/mol. The molecule has 3 aromatic rings. The molecule has 9 nitrogen and oxygen atoms in total. The topological polar surface area (TPSA) is 143 Å². The van der Waals surface area contributed by atoms with Crippen LogP contribution >= 0.6 is 15.9 Å². The number of aromatic nitrogens is 1. The summed E-state index contributed by atoms with van der Waals surface area (Å²) in [5.74, 6) is -5.77. The molecule has 0 bridgehead atoms. The van der Waals surface area contributed by atoms with Gasteiger partial charge in [0.2, 0.25) is 0 Å². The van der Waals surface area contributed by atoms with Gasteiger partial charge in [-0.2, -0.15) is 0 Å². The summed E-state index contributed by atoms with van der Waals surface area (Å²) in [5, 5.41) is 28.8. The average Bonchev–Trinajstić information content (AvgIpc) is 3.00. The molecule has 0 saturated carbocycles. The normalized spacial score (nSPS) is 10.9. The number of halogens is 1. The number of methoxy groups -OCH3 is 1. The number of carbonyl (C=O) groups is 4. The van der Waals surface area contributed by atoms with Crippen molar-refractivity contribution in [2.75, 3.05) is 7.11 Å². The van der Waals surface area contributed by atoms with Gasteiger partial charge in [-0.15, -0.1) is 0 Å². The molecule has 27 heavy (non-hydrogen) atoms. The summed E-state index contributed by atoms with van der Waals surface area (Å²) in [7, 11) is 1.06. The first-order chi connectivity index (χ1) is 12.7. The Morgan fingerprint density at radius 3 is 2.11 bits per heavy atom. The molecule has 0 atom stereocenters. The van der Waals surface area contributed by atoms with Crippen molar-refractivity contribution in [1.82, 2.24) is 4.40 Å². The number of fused-ring (bicyclic) bond motifs is 3. The zero-order chi connectivity index (χ0) is 20.0. The Balaban J connectivity index is 2.75. The smallest absolute Gasteiger partial charge is 0.339 e. The van der Waals surface area contributed by atoms with Gasteiger partial charge in [-0.25, -0.2) is 19.2 Å². The van der Waals surface area contributed by atoms with Gasteiger partial charge < -0.3 is 24.5 Å². The summed E-state index contributed by atoms with van der Waals surface area (Å²) in [5.41, 5.74) is -2.52. The molecule has 0 aliphatic carbocycles. The van der Waals surface area contributed by atoms with Crippen LogP contribution < -0.4 is 0 Å². The fourth-order valence-corrected chi connectivity index (χ4v) is 3.38. The summed E-state index contributed by atoms with van der Waals surface area (Å²) >= 11 is 3.23. The third-order valence-electron chi connectivity index (χ3n) is 4.03. The van der Waals surface area contributed by atoms with Crippen LogP contribution in [0.15, 0.2) is 28.9 Å². The molecule has 0 aliphatic rings. The summed E-state index contributed by atoms with van der Waals surface area (Å²) in [6, 6.07) is 4.56. The Bertz CT molecular complexity index is 1180. The van der Waals surface area contributed by atoms with Crippen molar-refractivity contribution in [3.63, 3.8) is 0 Å². The minimum atomic E-state index is -1.63. The second-order valence-corrected chi connectivity index (χ2v) is 6.37. The Morgan fingerprint density at radius 2 is 1.59 bits per heavy atom. The highest BCUT2D eigenvalue weighted by molar-refractivity contribution is 9.10. The third-order valence-corrected chi connectivity index (χ3v) is 4.52. The van der Waals surface area contributed by atoms with Crippen molar-refractivity contribution in [2.24, 2.45) is 0 Å². The van der Waals surface area contributed by atoms with E-state index >= 15 is 0 Å². The van der Waals surface area contributed by atoms with Crippen molar-refractivity contribution in [3.05, 3.63) is 51.1 Å². The summed E-state index contributed by atoms with van der Waals surface area (Å²) < 4.78 is 6.36. The third kappa shape index (κ3) is 2.70. The van der Waals surface area contributed by atoms with E-state index in [-0.39, 0.29) is 16.5 Å². The molecule has 2 heterocycles. The maximum absolute atomic E-state index is 12.4. The highest BCUT2D eigenvalue weighted by atomic mass is 79.9. The quantitative estimate of drug-likeness (QED) is 0.530. The molecule has 10 heteroatoms. The molecular formula is C17H10BrNO8. The van der Waals surface area contributed by atoms with Crippen LogP contribution in [-0.2, 0) is 4.74 Å². The van der Waals surface area contributed by atoms with Gasteiger partial charge in [-0.05, 0) is 18.2 Å². The van der Waals surface area contributed by atoms with Crippen LogP contribution in [0.25, 0.3) is 16.4 Å². The molecule has 138 valence electrons. The molecule has 0 aliphatic heterocycles. The number of benzene rings is 1. The highest BCUT2D eigenvalue weighted by Gasteiger charge is 2.32. The number of carbonyl (C=O) groups excluding carboxylic acids is 1. The largest absolute Gasteiger partial charge is 0.478 e. The average molecular weight is 436 g/mol. The van der Waals surface area contributed by atoms with Crippen LogP contribution in [-0.4, -0.2) is 50.7 Å². The minimum Gasteiger partial charge on any atom is -0.478 e. The van der Waals surface area contributed by atoms with Crippen molar-refractivity contribution in [1.29, 1.82) is 0 Å². The van der Waals surface area contributed by atoms with E-state index in [9.17, 15) is 34.5 Å². The Labute approximate surface area is 158 Å². The number of carboxylic acids is 3. The maximum atomic E-state index is 12.4. The Morgan fingerprint density at radius 1 is 0.963 bits per heavy atom. The number of aromatic carboxylic acids is 3. The van der Waals surface area contributed by atoms with E-state index in [0.717, 1.165) is 17.7 Å². The summed E-state index contributed by atoms with van der Waals surface area (Å²) in [6.07, 6.45) is 1.02. The zero-order valence-electron chi connectivity index (χ0n) is 13.5. The standard InChI is InChI=1S/C17H10BrNO8/c1-27-17(26)10-7-4-6(18)2-3-9(7)19-5-8(14(20)21)11(15(22)23)13(19)12(10)16(24)25/h2-5H,1H3,(H,20,21)(H,22,23)(H,24,25). The molecule has 1 aromatic carbocycles. The van der Waals surface area contributed by atoms with E-state index in [1.54, 1.807) is 6.07 Å². The van der Waals surface area contributed by atoms with Gasteiger partial charge in [0.05, 0.1) is 34.8 Å². The van der Waals surface area contributed by atoms with E-state index in [4.69, 9.17) is 0 Å². The van der Waals surface area contributed by atoms with Gasteiger partial charge in [-0.3, -0.25) is 0 Å². The number of carboxylic acid groups (broad SMARTS) is 3. The van der Waals surface area contributed by atoms with E-state index in [1.165, 1.54) is 12.1 Å². The lowest BCUT2D eigenvalue weighted by molar-refractivity contribution is 0.0584. The van der Waals surface area contributed by atoms with Gasteiger partial charge >= 0.3 is 23.9 Å². The minimum absolute atomic E-state index is 0.157. The number of ether oxygens (including phenoxy) is 1. The lowest BCUT2D eigenvalue weighted by atomic mass is 9.99. The first-order valence-electron chi connectivity index (χ1n) is 7.27. The van der Waals surface area contributed by atoms with Crippen LogP contribution in [0, 0.1) is 0 Å². The molecule has 3 rings (SSSR count). The number of hydrogen-bond donors (Lipinski definition) is 3. The molecule has 2 aromatic heterocycles. The van der Waals surface area contributed by atoms with Gasteiger partial charge in [0.1, 0.15) is 5.56 Å². The number of hydrogen-bond acceptors (Lipinski definition) is 5. The highest BCUT2D eigenvalue weighted by Crippen LogP contribution is 2.34. The van der Waals surface area contributed by atoms with Crippen LogP contribution in [0.1, 0.15) is 41.4 Å². The Hall–Kier alpha value is -3.40. The fourth-order valence-electron chi connectivity index (χ4n) is 3.01. The van der Waals surface area contributed by atoms with Gasteiger partial charge in [0.15, 0.2) is 0 Å². The maximum Gasteiger partial charge on any atom is 0.339 e. The predicted molar refractivity (Wildman–Crippen MR) is 94.8 cm³/mol. The van der Waals surface area contributed by atoms with Gasteiger partial charge in [0.25, 0.3) is 0 Å². The molecule has 0 saturated heterocycles. The number of rotatable bonds is 4. The van der Waals surface area contributed by atoms with Gasteiger partial charge in [-0.1, -0.05) is 15.9 Å². The van der Waals surface area contributed by atoms with Crippen molar-refractivity contribution in [2.45, 2.75) is 0 Å². The molecule has 0 unspecified atom stereocenters. The monoisotopic (exact) mass is 435 g/mol. The molecule has 0 radical (unpaired) electrons. The second-order valence-electron chi connectivity index (χ2n) is 5.45. The van der Waals surface area contributed by atoms with E-state index in [2.05, 4.69) is 20.7 Å². The summed E-state index contributed by atoms with van der Waals surface area (Å²) in [4.78, 5) is 47.6. The van der Waals surface area contributed by atoms with E-state index < -0.39 is 46.1 Å². The SMILES string of the molecule is COC(=O)c1c(C(=O)O)c2c(C(=O)O)c(C(=O)O)cn2c2ccc(Br)cc12. The van der Waals surface area contributed by atoms with E-state index in [1.807, 2.05) is 0 Å². The first-order valence-corrected chi connectivity index (χ1v) is 8.06. The molecule has 3 N–H and O–H groups in total. The molecule has 0 amide bonds. The summed E-state index contributed by atoms with van der Waals surface area (Å²) in [6.45, 7) is 0. The van der Waals surface area contributed by atoms with Gasteiger partial charge in [0, 0.05) is 16.1 Å². The second kappa shape index (κ2) is 6.40. The molecule has 0 spiro atoms.